The van der Waals surface area contributed by atoms with Crippen LogP contribution in [0.1, 0.15) is 6.42 Å². The van der Waals surface area contributed by atoms with Crippen molar-refractivity contribution in [3.05, 3.63) is 78.4 Å². The predicted octanol–water partition coefficient (Wildman–Crippen LogP) is 3.82. The van der Waals surface area contributed by atoms with Gasteiger partial charge in [0.25, 0.3) is 10.0 Å². The van der Waals surface area contributed by atoms with Crippen molar-refractivity contribution in [3.63, 3.8) is 0 Å². The summed E-state index contributed by atoms with van der Waals surface area (Å²) in [5, 5.41) is 3.27. The van der Waals surface area contributed by atoms with Gasteiger partial charge in [0, 0.05) is 25.3 Å². The minimum Gasteiger partial charge on any atom is -0.370 e. The first-order valence-electron chi connectivity index (χ1n) is 10.6. The molecule has 1 aliphatic rings. The molecule has 3 aromatic rings. The Bertz CT molecular complexity index is 1410. The molecule has 0 aliphatic carbocycles. The fourth-order valence-corrected chi connectivity index (χ4v) is 6.36. The third-order valence-electron chi connectivity index (χ3n) is 5.42. The molecule has 35 heavy (non-hydrogen) atoms. The molecule has 1 aliphatic heterocycles. The van der Waals surface area contributed by atoms with Crippen LogP contribution < -0.4 is 14.9 Å². The van der Waals surface area contributed by atoms with E-state index in [0.29, 0.717) is 25.3 Å². The normalized spacial score (nSPS) is 14.6. The molecule has 2 N–H and O–H groups in total. The lowest BCUT2D eigenvalue weighted by molar-refractivity contribution is 0.591. The van der Waals surface area contributed by atoms with Crippen LogP contribution in [-0.2, 0) is 19.9 Å². The number of benzene rings is 3. The molecule has 12 heteroatoms. The summed E-state index contributed by atoms with van der Waals surface area (Å²) in [4.78, 5) is 1.00. The number of sulfonamides is 1. The maximum Gasteiger partial charge on any atom is 0.262 e. The number of hydrogen-bond donors (Lipinski definition) is 2. The van der Waals surface area contributed by atoms with Crippen LogP contribution in [0.3, 0.4) is 0 Å². The lowest BCUT2D eigenvalue weighted by atomic mass is 10.2. The van der Waals surface area contributed by atoms with Crippen LogP contribution in [0.15, 0.2) is 81.4 Å². The maximum atomic E-state index is 13.8. The summed E-state index contributed by atoms with van der Waals surface area (Å²) >= 11 is 0. The summed E-state index contributed by atoms with van der Waals surface area (Å²) < 4.78 is 82.5. The fourth-order valence-electron chi connectivity index (χ4n) is 3.72. The minimum atomic E-state index is -4.31. The molecular formula is C23H24ClF2N3O4S2. The first kappa shape index (κ1) is 26.9. The zero-order valence-electron chi connectivity index (χ0n) is 18.4. The number of anilines is 2. The van der Waals surface area contributed by atoms with Crippen LogP contribution >= 0.6 is 12.4 Å². The number of nitrogens with one attached hydrogen (secondary N) is 2. The second kappa shape index (κ2) is 10.9. The van der Waals surface area contributed by atoms with Crippen LogP contribution in [0.2, 0.25) is 0 Å². The van der Waals surface area contributed by atoms with Crippen molar-refractivity contribution < 1.29 is 25.6 Å². The van der Waals surface area contributed by atoms with E-state index in [0.717, 1.165) is 37.2 Å². The van der Waals surface area contributed by atoms with Gasteiger partial charge in [-0.25, -0.2) is 25.6 Å². The summed E-state index contributed by atoms with van der Waals surface area (Å²) in [5.74, 6) is -1.49. The van der Waals surface area contributed by atoms with E-state index in [1.54, 1.807) is 6.07 Å². The van der Waals surface area contributed by atoms with Gasteiger partial charge in [-0.15, -0.1) is 12.4 Å². The standard InChI is InChI=1S/C23H23F2N3O4S2.ClH/c24-17-4-1-6-20(14-17)33(29,30)23-16-19(28-12-3-10-26-11-13-28)8-9-22(23)27-34(31,32)21-7-2-5-18(25)15-21;/h1-2,4-9,14-16,26-27H,3,10-13H2;1H. The molecule has 3 aromatic carbocycles. The molecular weight excluding hydrogens is 520 g/mol. The molecule has 188 valence electrons. The second-order valence-corrected chi connectivity index (χ2v) is 11.4. The lowest BCUT2D eigenvalue weighted by Gasteiger charge is -2.24. The van der Waals surface area contributed by atoms with Gasteiger partial charge in [0.1, 0.15) is 11.6 Å². The molecule has 0 amide bonds. The van der Waals surface area contributed by atoms with Gasteiger partial charge in [0.15, 0.2) is 0 Å². The Hall–Kier alpha value is -2.73. The van der Waals surface area contributed by atoms with E-state index >= 15 is 0 Å². The van der Waals surface area contributed by atoms with Crippen LogP contribution in [0, 0.1) is 11.6 Å². The molecule has 0 unspecified atom stereocenters. The molecule has 0 aromatic heterocycles. The third-order valence-corrected chi connectivity index (χ3v) is 8.57. The Morgan fingerprint density at radius 2 is 1.46 bits per heavy atom. The minimum absolute atomic E-state index is 0. The number of halogens is 3. The molecule has 1 fully saturated rings. The van der Waals surface area contributed by atoms with Crippen LogP contribution in [0.5, 0.6) is 0 Å². The van der Waals surface area contributed by atoms with Gasteiger partial charge in [0.2, 0.25) is 9.84 Å². The molecule has 0 spiro atoms. The topological polar surface area (TPSA) is 95.6 Å². The van der Waals surface area contributed by atoms with Crippen molar-refractivity contribution in [2.24, 2.45) is 0 Å². The Balaban J connectivity index is 0.00000342. The largest absolute Gasteiger partial charge is 0.370 e. The van der Waals surface area contributed by atoms with Gasteiger partial charge in [-0.3, -0.25) is 4.72 Å². The number of rotatable bonds is 6. The number of sulfone groups is 1. The van der Waals surface area contributed by atoms with E-state index in [4.69, 9.17) is 0 Å². The molecule has 4 rings (SSSR count). The van der Waals surface area contributed by atoms with E-state index in [1.807, 2.05) is 4.90 Å². The predicted molar refractivity (Wildman–Crippen MR) is 132 cm³/mol. The highest BCUT2D eigenvalue weighted by Crippen LogP contribution is 2.33. The van der Waals surface area contributed by atoms with Crippen molar-refractivity contribution in [2.75, 3.05) is 35.8 Å². The summed E-state index contributed by atoms with van der Waals surface area (Å²) in [5.41, 5.74) is 0.373. The van der Waals surface area contributed by atoms with E-state index in [2.05, 4.69) is 10.0 Å². The molecule has 1 heterocycles. The van der Waals surface area contributed by atoms with Crippen molar-refractivity contribution in [2.45, 2.75) is 21.1 Å². The van der Waals surface area contributed by atoms with Crippen molar-refractivity contribution in [3.8, 4) is 0 Å². The van der Waals surface area contributed by atoms with Crippen LogP contribution in [0.4, 0.5) is 20.2 Å². The maximum absolute atomic E-state index is 13.8. The summed E-state index contributed by atoms with van der Waals surface area (Å²) in [7, 11) is -8.61. The van der Waals surface area contributed by atoms with Gasteiger partial charge >= 0.3 is 0 Å². The van der Waals surface area contributed by atoms with E-state index < -0.39 is 31.5 Å². The number of nitrogens with zero attached hydrogens (tertiary/aromatic N) is 1. The van der Waals surface area contributed by atoms with Crippen LogP contribution in [0.25, 0.3) is 0 Å². The lowest BCUT2D eigenvalue weighted by Crippen LogP contribution is -2.28. The Morgan fingerprint density at radius 1 is 0.800 bits per heavy atom. The van der Waals surface area contributed by atoms with Gasteiger partial charge in [0.05, 0.1) is 20.4 Å². The van der Waals surface area contributed by atoms with Gasteiger partial charge in [-0.05, 0) is 67.6 Å². The highest BCUT2D eigenvalue weighted by molar-refractivity contribution is 7.93. The highest BCUT2D eigenvalue weighted by atomic mass is 35.5. The summed E-state index contributed by atoms with van der Waals surface area (Å²) in [6, 6.07) is 13.2. The monoisotopic (exact) mass is 543 g/mol. The molecule has 0 bridgehead atoms. The zero-order valence-corrected chi connectivity index (χ0v) is 20.9. The third kappa shape index (κ3) is 6.10. The van der Waals surface area contributed by atoms with Gasteiger partial charge in [-0.2, -0.15) is 0 Å². The van der Waals surface area contributed by atoms with Gasteiger partial charge < -0.3 is 10.2 Å². The first-order valence-corrected chi connectivity index (χ1v) is 13.5. The average molecular weight is 544 g/mol. The van der Waals surface area contributed by atoms with E-state index in [9.17, 15) is 25.6 Å². The molecule has 0 atom stereocenters. The average Bonchev–Trinajstić information content (AvgIpc) is 3.09. The van der Waals surface area contributed by atoms with Gasteiger partial charge in [-0.1, -0.05) is 12.1 Å². The Labute approximate surface area is 209 Å². The van der Waals surface area contributed by atoms with Crippen molar-refractivity contribution >= 4 is 43.6 Å². The SMILES string of the molecule is Cl.O=S(=O)(Nc1ccc(N2CCCNCC2)cc1S(=O)(=O)c1cccc(F)c1)c1cccc(F)c1. The first-order chi connectivity index (χ1) is 16.2. The van der Waals surface area contributed by atoms with Crippen molar-refractivity contribution in [1.82, 2.24) is 5.32 Å². The van der Waals surface area contributed by atoms with E-state index in [1.165, 1.54) is 36.4 Å². The highest BCUT2D eigenvalue weighted by Gasteiger charge is 2.26. The summed E-state index contributed by atoms with van der Waals surface area (Å²) in [6.07, 6.45) is 0.847. The Morgan fingerprint density at radius 3 is 2.14 bits per heavy atom. The second-order valence-electron chi connectivity index (χ2n) is 7.79. The smallest absolute Gasteiger partial charge is 0.262 e. The molecule has 7 nitrogen and oxygen atoms in total. The van der Waals surface area contributed by atoms with Crippen molar-refractivity contribution in [1.29, 1.82) is 0 Å². The fraction of sp³-hybridized carbons (Fsp3) is 0.217. The molecule has 1 saturated heterocycles. The van der Waals surface area contributed by atoms with Crippen LogP contribution in [-0.4, -0.2) is 43.0 Å². The summed E-state index contributed by atoms with van der Waals surface area (Å²) in [6.45, 7) is 2.85. The quantitative estimate of drug-likeness (QED) is 0.491. The number of hydrogen-bond acceptors (Lipinski definition) is 6. The Kier molecular flexibility index (Phi) is 8.37. The zero-order chi connectivity index (χ0) is 24.3. The molecule has 0 radical (unpaired) electrons. The van der Waals surface area contributed by atoms with E-state index in [-0.39, 0.29) is 32.8 Å². The molecule has 0 saturated carbocycles.